The summed E-state index contributed by atoms with van der Waals surface area (Å²) < 4.78 is 0. The van der Waals surface area contributed by atoms with E-state index in [1.54, 1.807) is 29.2 Å². The van der Waals surface area contributed by atoms with E-state index in [1.165, 1.54) is 25.8 Å². The third-order valence-electron chi connectivity index (χ3n) is 6.30. The Kier molecular flexibility index (Phi) is 7.74. The van der Waals surface area contributed by atoms with Crippen molar-refractivity contribution >= 4 is 23.4 Å². The number of carbonyl (C=O) groups is 2. The second-order valence-corrected chi connectivity index (χ2v) is 8.71. The number of quaternary nitrogens is 1. The van der Waals surface area contributed by atoms with Crippen LogP contribution in [0.5, 0.6) is 0 Å². The summed E-state index contributed by atoms with van der Waals surface area (Å²) in [5, 5.41) is 3.75. The standard InChI is InChI=1S/C22H32ClN3O2/c1-17-5-2-3-13-25(17)14-4-12-24-21(27)18-10-15-26(16-11-18)22(28)19-6-8-20(23)9-7-19/h6-9,17-18H,2-5,10-16H2,1H3,(H,24,27)/p+1/t17-/m1/s1. The van der Waals surface area contributed by atoms with Crippen molar-refractivity contribution in [2.45, 2.75) is 51.5 Å². The Bertz CT molecular complexity index is 656. The van der Waals surface area contributed by atoms with Crippen molar-refractivity contribution < 1.29 is 14.5 Å². The lowest BCUT2D eigenvalue weighted by molar-refractivity contribution is -0.928. The second-order valence-electron chi connectivity index (χ2n) is 8.27. The van der Waals surface area contributed by atoms with E-state index in [1.807, 2.05) is 4.90 Å². The molecule has 2 saturated heterocycles. The fourth-order valence-corrected chi connectivity index (χ4v) is 4.54. The smallest absolute Gasteiger partial charge is 0.253 e. The zero-order chi connectivity index (χ0) is 19.9. The molecule has 1 unspecified atom stereocenters. The summed E-state index contributed by atoms with van der Waals surface area (Å²) in [5.41, 5.74) is 0.654. The van der Waals surface area contributed by atoms with Crippen LogP contribution in [0.1, 0.15) is 55.8 Å². The number of nitrogens with one attached hydrogen (secondary N) is 2. The SMILES string of the molecule is C[C@@H]1CCCC[NH+]1CCCNC(=O)C1CCN(C(=O)c2ccc(Cl)cc2)CC1. The topological polar surface area (TPSA) is 53.9 Å². The summed E-state index contributed by atoms with van der Waals surface area (Å²) in [6.07, 6.45) is 6.54. The Hall–Kier alpha value is -1.59. The van der Waals surface area contributed by atoms with Gasteiger partial charge >= 0.3 is 0 Å². The number of piperidine rings is 2. The second kappa shape index (κ2) is 10.3. The number of hydrogen-bond acceptors (Lipinski definition) is 2. The van der Waals surface area contributed by atoms with E-state index in [0.717, 1.165) is 38.4 Å². The molecule has 6 heteroatoms. The van der Waals surface area contributed by atoms with E-state index >= 15 is 0 Å². The highest BCUT2D eigenvalue weighted by atomic mass is 35.5. The van der Waals surface area contributed by atoms with Crippen LogP contribution in [0.15, 0.2) is 24.3 Å². The molecule has 3 rings (SSSR count). The van der Waals surface area contributed by atoms with Crippen molar-refractivity contribution in [1.82, 2.24) is 10.2 Å². The quantitative estimate of drug-likeness (QED) is 0.711. The fourth-order valence-electron chi connectivity index (χ4n) is 4.42. The number of hydrogen-bond donors (Lipinski definition) is 2. The zero-order valence-corrected chi connectivity index (χ0v) is 17.6. The number of likely N-dealkylation sites (tertiary alicyclic amines) is 2. The molecule has 0 saturated carbocycles. The Labute approximate surface area is 173 Å². The van der Waals surface area contributed by atoms with Crippen molar-refractivity contribution in [3.63, 3.8) is 0 Å². The minimum atomic E-state index is 0.0224. The molecule has 2 amide bonds. The van der Waals surface area contributed by atoms with Gasteiger partial charge < -0.3 is 15.1 Å². The monoisotopic (exact) mass is 406 g/mol. The molecular weight excluding hydrogens is 374 g/mol. The van der Waals surface area contributed by atoms with E-state index in [9.17, 15) is 9.59 Å². The Balaban J connectivity index is 1.35. The first-order valence-electron chi connectivity index (χ1n) is 10.7. The van der Waals surface area contributed by atoms with Gasteiger partial charge in [0.25, 0.3) is 5.91 Å². The van der Waals surface area contributed by atoms with Gasteiger partial charge in [-0.2, -0.15) is 0 Å². The molecule has 0 radical (unpaired) electrons. The van der Waals surface area contributed by atoms with Gasteiger partial charge in [0, 0.05) is 42.6 Å². The molecule has 2 aliphatic rings. The molecule has 154 valence electrons. The molecule has 0 spiro atoms. The molecule has 0 bridgehead atoms. The first-order valence-corrected chi connectivity index (χ1v) is 11.1. The Morgan fingerprint density at radius 2 is 1.86 bits per heavy atom. The Morgan fingerprint density at radius 1 is 1.14 bits per heavy atom. The van der Waals surface area contributed by atoms with Crippen LogP contribution in [-0.2, 0) is 4.79 Å². The third-order valence-corrected chi connectivity index (χ3v) is 6.55. The molecule has 1 aromatic carbocycles. The highest BCUT2D eigenvalue weighted by molar-refractivity contribution is 6.30. The first kappa shape index (κ1) is 21.1. The predicted molar refractivity (Wildman–Crippen MR) is 112 cm³/mol. The largest absolute Gasteiger partial charge is 0.356 e. The molecule has 1 aromatic rings. The number of nitrogens with zero attached hydrogens (tertiary/aromatic N) is 1. The Morgan fingerprint density at radius 3 is 2.54 bits per heavy atom. The van der Waals surface area contributed by atoms with E-state index in [2.05, 4.69) is 12.2 Å². The van der Waals surface area contributed by atoms with Crippen molar-refractivity contribution in [1.29, 1.82) is 0 Å². The summed E-state index contributed by atoms with van der Waals surface area (Å²) in [5.74, 6) is 0.199. The van der Waals surface area contributed by atoms with Crippen LogP contribution < -0.4 is 10.2 Å². The van der Waals surface area contributed by atoms with Gasteiger partial charge in [-0.05, 0) is 63.3 Å². The van der Waals surface area contributed by atoms with Gasteiger partial charge in [0.2, 0.25) is 5.91 Å². The average molecular weight is 407 g/mol. The summed E-state index contributed by atoms with van der Waals surface area (Å²) in [6, 6.07) is 7.75. The highest BCUT2D eigenvalue weighted by Crippen LogP contribution is 2.20. The van der Waals surface area contributed by atoms with E-state index in [-0.39, 0.29) is 17.7 Å². The van der Waals surface area contributed by atoms with Gasteiger partial charge in [0.05, 0.1) is 19.1 Å². The molecule has 2 N–H and O–H groups in total. The van der Waals surface area contributed by atoms with Gasteiger partial charge in [0.15, 0.2) is 0 Å². The molecular formula is C22H33ClN3O2+. The van der Waals surface area contributed by atoms with Crippen molar-refractivity contribution in [3.8, 4) is 0 Å². The maximum atomic E-state index is 12.6. The number of rotatable bonds is 6. The van der Waals surface area contributed by atoms with Crippen LogP contribution in [0, 0.1) is 5.92 Å². The lowest BCUT2D eigenvalue weighted by Crippen LogP contribution is -3.16. The van der Waals surface area contributed by atoms with Gasteiger partial charge in [-0.15, -0.1) is 0 Å². The van der Waals surface area contributed by atoms with Crippen LogP contribution in [0.2, 0.25) is 5.02 Å². The van der Waals surface area contributed by atoms with Gasteiger partial charge in [-0.1, -0.05) is 11.6 Å². The number of halogens is 1. The van der Waals surface area contributed by atoms with Gasteiger partial charge in [-0.25, -0.2) is 0 Å². The normalized spacial score (nSPS) is 23.4. The average Bonchev–Trinajstić information content (AvgIpc) is 2.72. The lowest BCUT2D eigenvalue weighted by Gasteiger charge is -2.32. The molecule has 2 heterocycles. The van der Waals surface area contributed by atoms with Crippen LogP contribution in [0.25, 0.3) is 0 Å². The van der Waals surface area contributed by atoms with Gasteiger partial charge in [0.1, 0.15) is 0 Å². The van der Waals surface area contributed by atoms with E-state index < -0.39 is 0 Å². The van der Waals surface area contributed by atoms with E-state index in [0.29, 0.717) is 23.7 Å². The first-order chi connectivity index (χ1) is 13.5. The van der Waals surface area contributed by atoms with Crippen LogP contribution in [0.3, 0.4) is 0 Å². The molecule has 2 atom stereocenters. The summed E-state index contributed by atoms with van der Waals surface area (Å²) >= 11 is 5.89. The minimum absolute atomic E-state index is 0.0224. The summed E-state index contributed by atoms with van der Waals surface area (Å²) in [4.78, 5) is 28.5. The number of benzene rings is 1. The van der Waals surface area contributed by atoms with Crippen LogP contribution in [-0.4, -0.2) is 55.5 Å². The maximum Gasteiger partial charge on any atom is 0.253 e. The fraction of sp³-hybridized carbons (Fsp3) is 0.636. The molecule has 2 fully saturated rings. The van der Waals surface area contributed by atoms with Crippen molar-refractivity contribution in [3.05, 3.63) is 34.9 Å². The van der Waals surface area contributed by atoms with Crippen LogP contribution >= 0.6 is 11.6 Å². The molecule has 28 heavy (non-hydrogen) atoms. The van der Waals surface area contributed by atoms with Crippen molar-refractivity contribution in [2.24, 2.45) is 5.92 Å². The highest BCUT2D eigenvalue weighted by Gasteiger charge is 2.28. The summed E-state index contributed by atoms with van der Waals surface area (Å²) in [7, 11) is 0. The van der Waals surface area contributed by atoms with E-state index in [4.69, 9.17) is 11.6 Å². The molecule has 0 aromatic heterocycles. The van der Waals surface area contributed by atoms with Crippen LogP contribution in [0.4, 0.5) is 0 Å². The molecule has 0 aliphatic carbocycles. The van der Waals surface area contributed by atoms with Gasteiger partial charge in [-0.3, -0.25) is 9.59 Å². The molecule has 2 aliphatic heterocycles. The minimum Gasteiger partial charge on any atom is -0.356 e. The van der Waals surface area contributed by atoms with Crippen molar-refractivity contribution in [2.75, 3.05) is 32.7 Å². The zero-order valence-electron chi connectivity index (χ0n) is 16.9. The summed E-state index contributed by atoms with van der Waals surface area (Å²) in [6.45, 7) is 6.79. The number of carbonyl (C=O) groups excluding carboxylic acids is 2. The number of amides is 2. The maximum absolute atomic E-state index is 12.6. The predicted octanol–water partition coefficient (Wildman–Crippen LogP) is 2.16. The molecule has 5 nitrogen and oxygen atoms in total. The lowest BCUT2D eigenvalue weighted by atomic mass is 9.95. The third kappa shape index (κ3) is 5.71.